The van der Waals surface area contributed by atoms with Crippen molar-refractivity contribution in [3.05, 3.63) is 41.7 Å². The molecule has 1 unspecified atom stereocenters. The van der Waals surface area contributed by atoms with E-state index < -0.39 is 12.1 Å². The summed E-state index contributed by atoms with van der Waals surface area (Å²) in [5, 5.41) is 6.27. The molecule has 4 heterocycles. The number of nitrogens with two attached hydrogens (primary N) is 1. The molecule has 28 heavy (non-hydrogen) atoms. The van der Waals surface area contributed by atoms with Gasteiger partial charge in [0, 0.05) is 24.8 Å². The molecule has 3 aliphatic heterocycles. The minimum absolute atomic E-state index is 0.0340. The van der Waals surface area contributed by atoms with Gasteiger partial charge in [-0.3, -0.25) is 15.4 Å². The molecular formula is C18H22F3N7. The third-order valence-electron chi connectivity index (χ3n) is 5.20. The maximum absolute atomic E-state index is 13.8. The number of hydrazine groups is 2. The largest absolute Gasteiger partial charge is 0.400 e. The fraction of sp³-hybridized carbons (Fsp3) is 0.444. The van der Waals surface area contributed by atoms with E-state index in [1.165, 1.54) is 16.1 Å². The highest BCUT2D eigenvalue weighted by molar-refractivity contribution is 5.96. The first kappa shape index (κ1) is 18.8. The Labute approximate surface area is 160 Å². The van der Waals surface area contributed by atoms with Crippen LogP contribution in [0.3, 0.4) is 0 Å². The van der Waals surface area contributed by atoms with Gasteiger partial charge in [0.1, 0.15) is 11.8 Å². The van der Waals surface area contributed by atoms with Crippen molar-refractivity contribution in [3.63, 3.8) is 0 Å². The van der Waals surface area contributed by atoms with Crippen LogP contribution >= 0.6 is 0 Å². The molecule has 0 radical (unpaired) electrons. The second kappa shape index (κ2) is 7.10. The maximum Gasteiger partial charge on any atom is 0.400 e. The van der Waals surface area contributed by atoms with Gasteiger partial charge in [0.15, 0.2) is 5.82 Å². The fourth-order valence-corrected chi connectivity index (χ4v) is 3.77. The predicted octanol–water partition coefficient (Wildman–Crippen LogP) is 2.10. The Hall–Kier alpha value is -2.59. The highest BCUT2D eigenvalue weighted by Gasteiger charge is 2.45. The lowest BCUT2D eigenvalue weighted by molar-refractivity contribution is -0.151. The SMILES string of the molecule is CN1Nc2ncccc2C1=C1N=C(N(N)C2CCNCC2)C=CC1C(F)(F)F. The van der Waals surface area contributed by atoms with Crippen molar-refractivity contribution < 1.29 is 13.2 Å². The number of piperidine rings is 1. The van der Waals surface area contributed by atoms with Crippen LogP contribution in [0.25, 0.3) is 5.70 Å². The first-order chi connectivity index (χ1) is 13.4. The summed E-state index contributed by atoms with van der Waals surface area (Å²) < 4.78 is 41.3. The first-order valence-electron chi connectivity index (χ1n) is 9.14. The molecule has 1 saturated heterocycles. The number of fused-ring (bicyclic) bond motifs is 1. The van der Waals surface area contributed by atoms with Gasteiger partial charge in [-0.2, -0.15) is 13.2 Å². The van der Waals surface area contributed by atoms with Gasteiger partial charge in [0.05, 0.1) is 11.4 Å². The lowest BCUT2D eigenvalue weighted by Gasteiger charge is -2.34. The molecular weight excluding hydrogens is 371 g/mol. The molecule has 3 aliphatic rings. The smallest absolute Gasteiger partial charge is 0.317 e. The van der Waals surface area contributed by atoms with Crippen molar-refractivity contribution in [1.29, 1.82) is 0 Å². The molecule has 150 valence electrons. The third-order valence-corrected chi connectivity index (χ3v) is 5.20. The monoisotopic (exact) mass is 393 g/mol. The van der Waals surface area contributed by atoms with Gasteiger partial charge in [0.2, 0.25) is 0 Å². The molecule has 0 bridgehead atoms. The van der Waals surface area contributed by atoms with Crippen LogP contribution in [0, 0.1) is 5.92 Å². The molecule has 1 aromatic rings. The van der Waals surface area contributed by atoms with Crippen LogP contribution in [0.15, 0.2) is 41.2 Å². The average Bonchev–Trinajstić information content (AvgIpc) is 3.02. The molecule has 0 saturated carbocycles. The lowest BCUT2D eigenvalue weighted by atomic mass is 9.97. The lowest BCUT2D eigenvalue weighted by Crippen LogP contribution is -2.50. The number of hydrogen-bond acceptors (Lipinski definition) is 7. The number of dihydropyridines is 1. The molecule has 0 amide bonds. The van der Waals surface area contributed by atoms with Crippen LogP contribution in [-0.4, -0.2) is 53.2 Å². The van der Waals surface area contributed by atoms with Crippen LogP contribution in [0.4, 0.5) is 19.0 Å². The minimum Gasteiger partial charge on any atom is -0.317 e. The van der Waals surface area contributed by atoms with Gasteiger partial charge in [-0.05, 0) is 44.1 Å². The average molecular weight is 393 g/mol. The second-order valence-corrected chi connectivity index (χ2v) is 7.04. The van der Waals surface area contributed by atoms with Crippen molar-refractivity contribution in [2.24, 2.45) is 16.8 Å². The number of allylic oxidation sites excluding steroid dienone is 1. The van der Waals surface area contributed by atoms with Crippen LogP contribution in [0.5, 0.6) is 0 Å². The van der Waals surface area contributed by atoms with Gasteiger partial charge in [0.25, 0.3) is 0 Å². The number of hydrogen-bond donors (Lipinski definition) is 3. The molecule has 1 atom stereocenters. The predicted molar refractivity (Wildman–Crippen MR) is 101 cm³/mol. The van der Waals surface area contributed by atoms with Crippen LogP contribution < -0.4 is 16.6 Å². The van der Waals surface area contributed by atoms with Crippen molar-refractivity contribution in [1.82, 2.24) is 20.3 Å². The van der Waals surface area contributed by atoms with E-state index in [-0.39, 0.29) is 11.7 Å². The Morgan fingerprint density at radius 3 is 2.75 bits per heavy atom. The highest BCUT2D eigenvalue weighted by Crippen LogP contribution is 2.43. The van der Waals surface area contributed by atoms with Crippen LogP contribution in [0.2, 0.25) is 0 Å². The number of aromatic nitrogens is 1. The molecule has 10 heteroatoms. The zero-order valence-electron chi connectivity index (χ0n) is 15.4. The zero-order chi connectivity index (χ0) is 19.9. The fourth-order valence-electron chi connectivity index (χ4n) is 3.77. The van der Waals surface area contributed by atoms with Crippen molar-refractivity contribution in [2.75, 3.05) is 25.6 Å². The number of anilines is 1. The molecule has 1 fully saturated rings. The normalized spacial score (nSPS) is 25.4. The van der Waals surface area contributed by atoms with Gasteiger partial charge in [-0.25, -0.2) is 15.8 Å². The number of halogens is 3. The molecule has 7 nitrogen and oxygen atoms in total. The number of nitrogens with zero attached hydrogens (tertiary/aromatic N) is 4. The summed E-state index contributed by atoms with van der Waals surface area (Å²) in [4.78, 5) is 8.59. The van der Waals surface area contributed by atoms with E-state index in [2.05, 4.69) is 20.7 Å². The number of aliphatic imine (C=N–C) groups is 1. The van der Waals surface area contributed by atoms with Gasteiger partial charge >= 0.3 is 6.18 Å². The Bertz CT molecular complexity index is 840. The summed E-state index contributed by atoms with van der Waals surface area (Å²) in [6.45, 7) is 1.64. The summed E-state index contributed by atoms with van der Waals surface area (Å²) in [5.41, 5.74) is 3.82. The summed E-state index contributed by atoms with van der Waals surface area (Å²) in [6, 6.07) is 3.46. The first-order valence-corrected chi connectivity index (χ1v) is 9.14. The number of amidine groups is 1. The topological polar surface area (TPSA) is 81.8 Å². The maximum atomic E-state index is 13.8. The van der Waals surface area contributed by atoms with Gasteiger partial charge in [-0.1, -0.05) is 6.08 Å². The summed E-state index contributed by atoms with van der Waals surface area (Å²) in [6.07, 6.45) is 1.25. The number of alkyl halides is 3. The van der Waals surface area contributed by atoms with E-state index >= 15 is 0 Å². The molecule has 4 N–H and O–H groups in total. The van der Waals surface area contributed by atoms with E-state index in [4.69, 9.17) is 5.84 Å². The summed E-state index contributed by atoms with van der Waals surface area (Å²) >= 11 is 0. The Morgan fingerprint density at radius 2 is 2.04 bits per heavy atom. The molecule has 0 spiro atoms. The van der Waals surface area contributed by atoms with E-state index in [1.54, 1.807) is 25.4 Å². The van der Waals surface area contributed by atoms with Crippen molar-refractivity contribution in [3.8, 4) is 0 Å². The number of rotatable bonds is 1. The highest BCUT2D eigenvalue weighted by atomic mass is 19.4. The number of nitrogens with one attached hydrogen (secondary N) is 2. The Morgan fingerprint density at radius 1 is 1.29 bits per heavy atom. The van der Waals surface area contributed by atoms with E-state index in [0.717, 1.165) is 32.0 Å². The van der Waals surface area contributed by atoms with E-state index in [9.17, 15) is 13.2 Å². The molecule has 4 rings (SSSR count). The standard InChI is InChI=1S/C18H22F3N7/c1-27-16(12-3-2-8-24-17(12)26-27)15-13(18(19,20)21)4-5-14(25-15)28(22)11-6-9-23-10-7-11/h2-5,8,11,13,23H,6-7,9-10,22H2,1H3,(H,24,26). The van der Waals surface area contributed by atoms with E-state index in [0.29, 0.717) is 22.9 Å². The Kier molecular flexibility index (Phi) is 4.76. The Balaban J connectivity index is 1.79. The van der Waals surface area contributed by atoms with E-state index in [1.807, 2.05) is 0 Å². The van der Waals surface area contributed by atoms with Gasteiger partial charge < -0.3 is 5.32 Å². The minimum atomic E-state index is -4.46. The van der Waals surface area contributed by atoms with Crippen LogP contribution in [0.1, 0.15) is 18.4 Å². The zero-order valence-corrected chi connectivity index (χ0v) is 15.4. The third kappa shape index (κ3) is 3.33. The molecule has 1 aromatic heterocycles. The quantitative estimate of drug-likeness (QED) is 0.501. The van der Waals surface area contributed by atoms with Crippen LogP contribution in [-0.2, 0) is 0 Å². The molecule has 0 aliphatic carbocycles. The molecule has 0 aromatic carbocycles. The second-order valence-electron chi connectivity index (χ2n) is 7.04. The van der Waals surface area contributed by atoms with Gasteiger partial charge in [-0.15, -0.1) is 0 Å². The number of pyridine rings is 1. The van der Waals surface area contributed by atoms with Crippen molar-refractivity contribution >= 4 is 17.4 Å². The van der Waals surface area contributed by atoms with Crippen molar-refractivity contribution in [2.45, 2.75) is 25.1 Å². The summed E-state index contributed by atoms with van der Waals surface area (Å²) in [7, 11) is 1.65. The summed E-state index contributed by atoms with van der Waals surface area (Å²) in [5.74, 6) is 5.27.